The van der Waals surface area contributed by atoms with Gasteiger partial charge in [-0.15, -0.1) is 10.2 Å². The van der Waals surface area contributed by atoms with Gasteiger partial charge in [0.05, 0.1) is 12.7 Å². The van der Waals surface area contributed by atoms with Gasteiger partial charge in [-0.25, -0.2) is 0 Å². The third-order valence-electron chi connectivity index (χ3n) is 3.51. The lowest BCUT2D eigenvalue weighted by molar-refractivity contribution is 0.173. The van der Waals surface area contributed by atoms with E-state index in [0.29, 0.717) is 34.8 Å². The fourth-order valence-corrected chi connectivity index (χ4v) is 2.35. The van der Waals surface area contributed by atoms with Crippen molar-refractivity contribution in [2.24, 2.45) is 0 Å². The Bertz CT molecular complexity index is 862. The van der Waals surface area contributed by atoms with E-state index in [9.17, 15) is 0 Å². The number of para-hydroxylation sites is 1. The number of hydrogen-bond donors (Lipinski definition) is 0. The van der Waals surface area contributed by atoms with Crippen molar-refractivity contribution in [1.82, 2.24) is 10.2 Å². The summed E-state index contributed by atoms with van der Waals surface area (Å²) in [6.45, 7) is 0.381. The van der Waals surface area contributed by atoms with Crippen LogP contribution in [0, 0.1) is 0 Å². The lowest BCUT2D eigenvalue weighted by Gasteiger charge is -2.04. The second-order valence-electron chi connectivity index (χ2n) is 5.00. The molecule has 122 valence electrons. The summed E-state index contributed by atoms with van der Waals surface area (Å²) in [7, 11) is 1.60. The van der Waals surface area contributed by atoms with Crippen molar-refractivity contribution in [1.29, 1.82) is 0 Å². The Morgan fingerprint density at radius 1 is 1.04 bits per heavy atom. The Kier molecular flexibility index (Phi) is 3.66. The van der Waals surface area contributed by atoms with Gasteiger partial charge in [0.15, 0.2) is 18.1 Å². The van der Waals surface area contributed by atoms with Gasteiger partial charge in [-0.1, -0.05) is 12.1 Å². The van der Waals surface area contributed by atoms with Gasteiger partial charge in [0.25, 0.3) is 11.8 Å². The molecule has 0 N–H and O–H groups in total. The van der Waals surface area contributed by atoms with E-state index in [1.165, 1.54) is 0 Å². The Morgan fingerprint density at radius 2 is 1.92 bits per heavy atom. The van der Waals surface area contributed by atoms with Crippen molar-refractivity contribution < 1.29 is 23.4 Å². The number of aromatic nitrogens is 2. The average Bonchev–Trinajstić information content (AvgIpc) is 3.28. The first kappa shape index (κ1) is 14.4. The lowest BCUT2D eigenvalue weighted by atomic mass is 10.2. The summed E-state index contributed by atoms with van der Waals surface area (Å²) in [4.78, 5) is 0. The van der Waals surface area contributed by atoms with Gasteiger partial charge in [-0.05, 0) is 24.3 Å². The first-order valence-electron chi connectivity index (χ1n) is 7.32. The molecule has 0 amide bonds. The molecule has 1 aromatic heterocycles. The molecule has 7 nitrogen and oxygen atoms in total. The zero-order valence-corrected chi connectivity index (χ0v) is 12.9. The molecule has 0 saturated carbocycles. The van der Waals surface area contributed by atoms with Crippen molar-refractivity contribution in [3.63, 3.8) is 0 Å². The monoisotopic (exact) mass is 326 g/mol. The minimum absolute atomic E-state index is 0.155. The summed E-state index contributed by atoms with van der Waals surface area (Å²) < 4.78 is 27.2. The molecule has 0 unspecified atom stereocenters. The molecular weight excluding hydrogens is 312 g/mol. The highest BCUT2D eigenvalue weighted by Gasteiger charge is 2.15. The maximum Gasteiger partial charge on any atom is 0.254 e. The average molecular weight is 326 g/mol. The number of benzene rings is 2. The summed E-state index contributed by atoms with van der Waals surface area (Å²) >= 11 is 0. The highest BCUT2D eigenvalue weighted by Crippen LogP contribution is 2.35. The third-order valence-corrected chi connectivity index (χ3v) is 3.51. The molecule has 24 heavy (non-hydrogen) atoms. The van der Waals surface area contributed by atoms with Crippen LogP contribution in [-0.2, 0) is 6.61 Å². The number of rotatable bonds is 5. The molecule has 1 aliphatic heterocycles. The lowest BCUT2D eigenvalue weighted by Crippen LogP contribution is -1.95. The van der Waals surface area contributed by atoms with E-state index >= 15 is 0 Å². The molecule has 7 heteroatoms. The Balaban J connectivity index is 1.47. The van der Waals surface area contributed by atoms with Crippen LogP contribution in [0.1, 0.15) is 5.89 Å². The van der Waals surface area contributed by atoms with Crippen molar-refractivity contribution in [3.05, 3.63) is 48.4 Å². The maximum atomic E-state index is 5.66. The predicted octanol–water partition coefficient (Wildman–Crippen LogP) is 3.05. The number of hydrogen-bond acceptors (Lipinski definition) is 7. The molecule has 0 radical (unpaired) electrons. The van der Waals surface area contributed by atoms with Gasteiger partial charge < -0.3 is 23.4 Å². The van der Waals surface area contributed by atoms with Crippen LogP contribution in [0.5, 0.6) is 23.0 Å². The molecule has 3 aromatic rings. The minimum Gasteiger partial charge on any atom is -0.496 e. The van der Waals surface area contributed by atoms with E-state index in [0.717, 1.165) is 5.56 Å². The highest BCUT2D eigenvalue weighted by atomic mass is 16.7. The Labute approximate surface area is 137 Å². The van der Waals surface area contributed by atoms with E-state index in [-0.39, 0.29) is 13.4 Å². The summed E-state index contributed by atoms with van der Waals surface area (Å²) in [5.41, 5.74) is 0.738. The van der Waals surface area contributed by atoms with Crippen LogP contribution in [0.3, 0.4) is 0 Å². The normalized spacial score (nSPS) is 12.2. The zero-order chi connectivity index (χ0) is 16.4. The first-order chi connectivity index (χ1) is 11.8. The molecule has 1 aliphatic rings. The minimum atomic E-state index is 0.155. The van der Waals surface area contributed by atoms with Crippen LogP contribution < -0.4 is 18.9 Å². The third kappa shape index (κ3) is 2.71. The van der Waals surface area contributed by atoms with Crippen LogP contribution in [0.25, 0.3) is 11.5 Å². The molecule has 0 atom stereocenters. The molecule has 0 spiro atoms. The van der Waals surface area contributed by atoms with Gasteiger partial charge in [0, 0.05) is 6.07 Å². The van der Waals surface area contributed by atoms with Crippen LogP contribution in [0.15, 0.2) is 46.9 Å². The molecule has 0 fully saturated rings. The number of nitrogens with zero attached hydrogens (tertiary/aromatic N) is 2. The van der Waals surface area contributed by atoms with Gasteiger partial charge in [0.1, 0.15) is 11.5 Å². The molecule has 0 aliphatic carbocycles. The highest BCUT2D eigenvalue weighted by molar-refractivity contribution is 5.62. The quantitative estimate of drug-likeness (QED) is 0.713. The van der Waals surface area contributed by atoms with Crippen LogP contribution in [0.2, 0.25) is 0 Å². The molecule has 0 saturated heterocycles. The predicted molar refractivity (Wildman–Crippen MR) is 83.2 cm³/mol. The van der Waals surface area contributed by atoms with E-state index in [4.69, 9.17) is 23.4 Å². The summed E-state index contributed by atoms with van der Waals surface area (Å²) in [6, 6.07) is 12.8. The molecule has 2 heterocycles. The fourth-order valence-electron chi connectivity index (χ4n) is 2.35. The van der Waals surface area contributed by atoms with Gasteiger partial charge >= 0.3 is 0 Å². The van der Waals surface area contributed by atoms with Gasteiger partial charge in [-0.2, -0.15) is 0 Å². The number of methoxy groups -OCH3 is 1. The van der Waals surface area contributed by atoms with Gasteiger partial charge in [0.2, 0.25) is 6.79 Å². The fraction of sp³-hybridized carbons (Fsp3) is 0.176. The summed E-state index contributed by atoms with van der Waals surface area (Å²) in [6.07, 6.45) is 0. The molecule has 0 bridgehead atoms. The SMILES string of the molecule is COc1ccccc1-c1nnc(COc2ccc3c(c2)OCO3)o1. The van der Waals surface area contributed by atoms with Crippen molar-refractivity contribution in [3.8, 4) is 34.5 Å². The van der Waals surface area contributed by atoms with Crippen molar-refractivity contribution in [2.75, 3.05) is 13.9 Å². The van der Waals surface area contributed by atoms with Crippen molar-refractivity contribution in [2.45, 2.75) is 6.61 Å². The van der Waals surface area contributed by atoms with Crippen LogP contribution >= 0.6 is 0 Å². The van der Waals surface area contributed by atoms with E-state index < -0.39 is 0 Å². The zero-order valence-electron chi connectivity index (χ0n) is 12.9. The van der Waals surface area contributed by atoms with Gasteiger partial charge in [-0.3, -0.25) is 0 Å². The molecule has 4 rings (SSSR count). The largest absolute Gasteiger partial charge is 0.496 e. The first-order valence-corrected chi connectivity index (χ1v) is 7.32. The summed E-state index contributed by atoms with van der Waals surface area (Å²) in [5, 5.41) is 8.05. The number of ether oxygens (including phenoxy) is 4. The van der Waals surface area contributed by atoms with Crippen molar-refractivity contribution >= 4 is 0 Å². The summed E-state index contributed by atoms with van der Waals surface area (Å²) in [5.74, 6) is 3.43. The molecular formula is C17H14N2O5. The maximum absolute atomic E-state index is 5.66. The van der Waals surface area contributed by atoms with E-state index in [1.54, 1.807) is 25.3 Å². The van der Waals surface area contributed by atoms with E-state index in [2.05, 4.69) is 10.2 Å². The Hall–Kier alpha value is -3.22. The van der Waals surface area contributed by atoms with Crippen LogP contribution in [-0.4, -0.2) is 24.1 Å². The molecule has 2 aromatic carbocycles. The number of fused-ring (bicyclic) bond motifs is 1. The Morgan fingerprint density at radius 3 is 2.83 bits per heavy atom. The second kappa shape index (κ2) is 6.11. The topological polar surface area (TPSA) is 75.8 Å². The second-order valence-corrected chi connectivity index (χ2v) is 5.00. The standard InChI is InChI=1S/C17H14N2O5/c1-20-13-5-3-2-4-12(13)17-19-18-16(24-17)9-21-11-6-7-14-15(8-11)23-10-22-14/h2-8H,9-10H2,1H3. The smallest absolute Gasteiger partial charge is 0.254 e. The van der Waals surface area contributed by atoms with Crippen LogP contribution in [0.4, 0.5) is 0 Å². The van der Waals surface area contributed by atoms with E-state index in [1.807, 2.05) is 24.3 Å².